The average Bonchev–Trinajstić information content (AvgIpc) is 2.94. The van der Waals surface area contributed by atoms with Gasteiger partial charge in [0.15, 0.2) is 5.78 Å². The molecule has 6 N–H and O–H groups in total. The Morgan fingerprint density at radius 1 is 1.07 bits per heavy atom. The van der Waals surface area contributed by atoms with Crippen molar-refractivity contribution in [1.29, 1.82) is 0 Å². The zero-order chi connectivity index (χ0) is 29.6. The smallest absolute Gasteiger partial charge is 0.335 e. The molecule has 10 heteroatoms. The van der Waals surface area contributed by atoms with Crippen LogP contribution in [0, 0.1) is 12.8 Å². The van der Waals surface area contributed by atoms with E-state index in [0.717, 1.165) is 11.6 Å². The molecule has 10 nitrogen and oxygen atoms in total. The number of carbonyl (C=O) groups excluding carboxylic acids is 1. The number of Topliss-reactive ketones (excluding diaryl/α,β-unsaturated/α-hetero) is 1. The second-order valence-corrected chi connectivity index (χ2v) is 11.1. The number of fused-ring (bicyclic) bond motifs is 2. The van der Waals surface area contributed by atoms with Gasteiger partial charge in [-0.2, -0.15) is 0 Å². The fourth-order valence-electron chi connectivity index (χ4n) is 6.14. The number of aromatic carboxylic acids is 1. The van der Waals surface area contributed by atoms with Gasteiger partial charge in [-0.15, -0.1) is 0 Å². The Bertz CT molecular complexity index is 1470. The quantitative estimate of drug-likeness (QED) is 0.233. The van der Waals surface area contributed by atoms with Gasteiger partial charge in [-0.05, 0) is 60.7 Å². The Balaban J connectivity index is 1.54. The lowest BCUT2D eigenvalue weighted by molar-refractivity contribution is -0.343. The number of ketones is 1. The molecular weight excluding hydrogens is 532 g/mol. The Labute approximate surface area is 236 Å². The van der Waals surface area contributed by atoms with Crippen molar-refractivity contribution < 1.29 is 49.7 Å². The average molecular weight is 567 g/mol. The molecule has 3 aromatic rings. The molecule has 0 aromatic heterocycles. The summed E-state index contributed by atoms with van der Waals surface area (Å²) in [4.78, 5) is 25.2. The first-order chi connectivity index (χ1) is 19.4. The van der Waals surface area contributed by atoms with Gasteiger partial charge in [-0.25, -0.2) is 4.79 Å². The van der Waals surface area contributed by atoms with Crippen molar-refractivity contribution in [2.45, 2.75) is 75.8 Å². The van der Waals surface area contributed by atoms with E-state index in [1.54, 1.807) is 19.9 Å². The molecule has 0 amide bonds. The van der Waals surface area contributed by atoms with Gasteiger partial charge in [0.25, 0.3) is 0 Å². The third kappa shape index (κ3) is 5.06. The number of aliphatic hydroxyl groups excluding tert-OH is 3. The number of ether oxygens (including phenoxy) is 2. The van der Waals surface area contributed by atoms with E-state index in [9.17, 15) is 40.2 Å². The van der Waals surface area contributed by atoms with Crippen LogP contribution < -0.4 is 4.74 Å². The Morgan fingerprint density at radius 2 is 1.78 bits per heavy atom. The van der Waals surface area contributed by atoms with Crippen LogP contribution in [0.25, 0.3) is 10.8 Å². The van der Waals surface area contributed by atoms with Crippen molar-refractivity contribution in [2.24, 2.45) is 5.92 Å². The molecule has 0 unspecified atom stereocenters. The lowest BCUT2D eigenvalue weighted by Gasteiger charge is -2.54. The molecule has 1 heterocycles. The van der Waals surface area contributed by atoms with Crippen molar-refractivity contribution in [3.63, 3.8) is 0 Å². The summed E-state index contributed by atoms with van der Waals surface area (Å²) in [6, 6.07) is 13.4. The molecule has 0 spiro atoms. The molecule has 3 aromatic carbocycles. The number of aromatic hydroxyl groups is 1. The number of aryl methyl sites for hydroxylation is 2. The fourth-order valence-corrected chi connectivity index (χ4v) is 6.14. The summed E-state index contributed by atoms with van der Waals surface area (Å²) in [5, 5.41) is 65.1. The van der Waals surface area contributed by atoms with Gasteiger partial charge in [-0.3, -0.25) is 4.79 Å². The highest BCUT2D eigenvalue weighted by atomic mass is 16.7. The van der Waals surface area contributed by atoms with E-state index >= 15 is 0 Å². The summed E-state index contributed by atoms with van der Waals surface area (Å²) >= 11 is 0. The van der Waals surface area contributed by atoms with Gasteiger partial charge in [0, 0.05) is 6.42 Å². The van der Waals surface area contributed by atoms with Crippen LogP contribution in [0.2, 0.25) is 0 Å². The van der Waals surface area contributed by atoms with Crippen LogP contribution in [0.3, 0.4) is 0 Å². The maximum atomic E-state index is 13.3. The topological polar surface area (TPSA) is 174 Å². The fraction of sp³-hybridized carbons (Fsp3) is 0.419. The van der Waals surface area contributed by atoms with Crippen molar-refractivity contribution in [1.82, 2.24) is 0 Å². The van der Waals surface area contributed by atoms with Gasteiger partial charge in [0.1, 0.15) is 35.4 Å². The number of rotatable bonds is 7. The lowest BCUT2D eigenvalue weighted by atomic mass is 9.67. The Kier molecular flexibility index (Phi) is 7.80. The number of hydrogen-bond donors (Lipinski definition) is 6. The summed E-state index contributed by atoms with van der Waals surface area (Å²) in [6.45, 7) is 3.32. The molecule has 0 bridgehead atoms. The predicted molar refractivity (Wildman–Crippen MR) is 147 cm³/mol. The summed E-state index contributed by atoms with van der Waals surface area (Å²) in [5.74, 6) is -2.75. The van der Waals surface area contributed by atoms with E-state index in [-0.39, 0.29) is 46.3 Å². The molecule has 1 aliphatic carbocycles. The monoisotopic (exact) mass is 566 g/mol. The molecule has 1 aliphatic heterocycles. The highest BCUT2D eigenvalue weighted by molar-refractivity contribution is 6.09. The first-order valence-corrected chi connectivity index (χ1v) is 13.6. The van der Waals surface area contributed by atoms with Crippen molar-refractivity contribution >= 4 is 22.5 Å². The van der Waals surface area contributed by atoms with Crippen LogP contribution in [-0.2, 0) is 11.2 Å². The molecule has 218 valence electrons. The number of phenolic OH excluding ortho intramolecular Hbond substituents is 1. The second-order valence-electron chi connectivity index (χ2n) is 11.1. The third-order valence-corrected chi connectivity index (χ3v) is 8.47. The van der Waals surface area contributed by atoms with E-state index < -0.39 is 53.9 Å². The van der Waals surface area contributed by atoms with Crippen molar-refractivity contribution in [3.05, 3.63) is 70.8 Å². The van der Waals surface area contributed by atoms with E-state index in [1.165, 1.54) is 6.07 Å². The van der Waals surface area contributed by atoms with Crippen LogP contribution in [0.1, 0.15) is 58.0 Å². The van der Waals surface area contributed by atoms with Gasteiger partial charge >= 0.3 is 5.97 Å². The van der Waals surface area contributed by atoms with E-state index in [2.05, 4.69) is 0 Å². The van der Waals surface area contributed by atoms with Crippen LogP contribution in [0.5, 0.6) is 11.5 Å². The predicted octanol–water partition coefficient (Wildman–Crippen LogP) is 2.71. The normalized spacial score (nSPS) is 29.6. The first-order valence-electron chi connectivity index (χ1n) is 13.6. The third-order valence-electron chi connectivity index (χ3n) is 8.47. The molecule has 0 radical (unpaired) electrons. The highest BCUT2D eigenvalue weighted by Crippen LogP contribution is 2.45. The second kappa shape index (κ2) is 11.0. The van der Waals surface area contributed by atoms with Crippen LogP contribution in [0.15, 0.2) is 48.5 Å². The van der Waals surface area contributed by atoms with Crippen molar-refractivity contribution in [2.75, 3.05) is 0 Å². The van der Waals surface area contributed by atoms with E-state index in [4.69, 9.17) is 9.47 Å². The molecule has 2 fully saturated rings. The van der Waals surface area contributed by atoms with Gasteiger partial charge in [0.05, 0.1) is 22.6 Å². The standard InChI is InChI=1S/C31H34O10/c1-15-12-18-13-19(29(37)38)14-22(24(18)25(34)23(15)20(32)11-9-17-6-4-3-5-7-17)40-30-26(35)27(36)31(39)16(2)8-10-21(33)28(31)41-30/h3-7,12-14,16,21,26-28,30,33-36,39H,8-11H2,1-2H3,(H,37,38)/t16-,21+,26-,27-,28-,30-,31+/m1/s1. The van der Waals surface area contributed by atoms with Crippen molar-refractivity contribution in [3.8, 4) is 11.5 Å². The van der Waals surface area contributed by atoms with Crippen LogP contribution >= 0.6 is 0 Å². The zero-order valence-corrected chi connectivity index (χ0v) is 22.7. The number of aliphatic hydroxyl groups is 4. The largest absolute Gasteiger partial charge is 0.506 e. The van der Waals surface area contributed by atoms with Gasteiger partial charge in [-0.1, -0.05) is 43.3 Å². The Morgan fingerprint density at radius 3 is 2.46 bits per heavy atom. The molecule has 1 saturated carbocycles. The minimum Gasteiger partial charge on any atom is -0.506 e. The summed E-state index contributed by atoms with van der Waals surface area (Å²) in [5.41, 5.74) is -0.689. The maximum absolute atomic E-state index is 13.3. The highest BCUT2D eigenvalue weighted by Gasteiger charge is 2.61. The number of carbonyl (C=O) groups is 2. The number of phenols is 1. The van der Waals surface area contributed by atoms with E-state index in [1.807, 2.05) is 30.3 Å². The van der Waals surface area contributed by atoms with E-state index in [0.29, 0.717) is 18.4 Å². The SMILES string of the molecule is Cc1cc2cc(C(=O)O)cc(O[C@@H]3O[C@@H]4[C@@H](O)CC[C@@H](C)[C@]4(O)[C@H](O)[C@H]3O)c2c(O)c1C(=O)CCc1ccccc1. The molecule has 1 saturated heterocycles. The molecular formula is C31H34O10. The Hall–Kier alpha value is -3.54. The zero-order valence-electron chi connectivity index (χ0n) is 22.7. The number of carboxylic acids is 1. The minimum absolute atomic E-state index is 0.0207. The number of carboxylic acid groups (broad SMARTS) is 1. The molecule has 2 aliphatic rings. The number of hydrogen-bond acceptors (Lipinski definition) is 9. The first kappa shape index (κ1) is 29.0. The summed E-state index contributed by atoms with van der Waals surface area (Å²) in [7, 11) is 0. The van der Waals surface area contributed by atoms with Gasteiger partial charge < -0.3 is 40.1 Å². The molecule has 41 heavy (non-hydrogen) atoms. The molecule has 5 rings (SSSR count). The maximum Gasteiger partial charge on any atom is 0.335 e. The van der Waals surface area contributed by atoms with Crippen LogP contribution in [-0.4, -0.2) is 78.7 Å². The number of benzene rings is 3. The summed E-state index contributed by atoms with van der Waals surface area (Å²) in [6.07, 6.45) is -6.39. The van der Waals surface area contributed by atoms with Crippen LogP contribution in [0.4, 0.5) is 0 Å². The summed E-state index contributed by atoms with van der Waals surface area (Å²) < 4.78 is 11.7. The minimum atomic E-state index is -1.94. The van der Waals surface area contributed by atoms with Gasteiger partial charge in [0.2, 0.25) is 6.29 Å². The lowest BCUT2D eigenvalue weighted by Crippen LogP contribution is -2.73. The molecule has 7 atom stereocenters.